The molecule has 1 heterocycles. The molecule has 3 nitrogen and oxygen atoms in total. The van der Waals surface area contributed by atoms with Gasteiger partial charge in [0.15, 0.2) is 0 Å². The maximum absolute atomic E-state index is 11.5. The molecule has 1 aliphatic heterocycles. The molecule has 0 aromatic heterocycles. The van der Waals surface area contributed by atoms with E-state index < -0.39 is 0 Å². The lowest BCUT2D eigenvalue weighted by Crippen LogP contribution is -2.45. The van der Waals surface area contributed by atoms with E-state index in [0.29, 0.717) is 16.6 Å². The lowest BCUT2D eigenvalue weighted by atomic mass is 10.2. The van der Waals surface area contributed by atoms with Crippen molar-refractivity contribution in [2.24, 2.45) is 0 Å². The Morgan fingerprint density at radius 1 is 1.31 bits per heavy atom. The number of nitrogens with one attached hydrogen (secondary N) is 1. The summed E-state index contributed by atoms with van der Waals surface area (Å²) >= 11 is 11.7. The smallest absolute Gasteiger partial charge is 0.317 e. The fourth-order valence-corrected chi connectivity index (χ4v) is 2.01. The summed E-state index contributed by atoms with van der Waals surface area (Å²) in [5, 5.41) is 3.87. The number of amides is 2. The number of benzene rings is 1. The molecule has 2 rings (SSSR count). The van der Waals surface area contributed by atoms with Gasteiger partial charge in [0.25, 0.3) is 0 Å². The second-order valence-electron chi connectivity index (χ2n) is 3.76. The monoisotopic (exact) mass is 258 g/mol. The number of hydrogen-bond donors (Lipinski definition) is 1. The van der Waals surface area contributed by atoms with E-state index in [9.17, 15) is 4.79 Å². The topological polar surface area (TPSA) is 32.3 Å². The molecule has 1 aromatic rings. The average molecular weight is 259 g/mol. The fraction of sp³-hybridized carbons (Fsp3) is 0.364. The quantitative estimate of drug-likeness (QED) is 0.870. The van der Waals surface area contributed by atoms with Gasteiger partial charge in [-0.3, -0.25) is 0 Å². The fourth-order valence-electron chi connectivity index (χ4n) is 1.69. The van der Waals surface area contributed by atoms with Crippen molar-refractivity contribution in [2.45, 2.75) is 13.0 Å². The molecule has 0 aliphatic carbocycles. The highest BCUT2D eigenvalue weighted by molar-refractivity contribution is 6.42. The van der Waals surface area contributed by atoms with E-state index in [2.05, 4.69) is 5.32 Å². The van der Waals surface area contributed by atoms with Crippen molar-refractivity contribution in [2.75, 3.05) is 13.1 Å². The number of nitrogens with zero attached hydrogens (tertiary/aromatic N) is 1. The Morgan fingerprint density at radius 2 is 2.12 bits per heavy atom. The van der Waals surface area contributed by atoms with Gasteiger partial charge in [-0.2, -0.15) is 0 Å². The maximum atomic E-state index is 11.5. The van der Waals surface area contributed by atoms with Crippen LogP contribution in [0.1, 0.15) is 12.0 Å². The highest BCUT2D eigenvalue weighted by Gasteiger charge is 2.17. The summed E-state index contributed by atoms with van der Waals surface area (Å²) in [7, 11) is 0. The molecule has 0 spiro atoms. The molecule has 1 aliphatic rings. The van der Waals surface area contributed by atoms with Crippen LogP contribution in [0.2, 0.25) is 10.0 Å². The second kappa shape index (κ2) is 4.93. The Morgan fingerprint density at radius 3 is 2.81 bits per heavy atom. The number of carbonyl (C=O) groups excluding carboxylic acids is 1. The first-order valence-corrected chi connectivity index (χ1v) is 5.89. The summed E-state index contributed by atoms with van der Waals surface area (Å²) in [5.74, 6) is 0. The molecular formula is C11H12Cl2N2O. The summed E-state index contributed by atoms with van der Waals surface area (Å²) in [5.41, 5.74) is 0.992. The summed E-state index contributed by atoms with van der Waals surface area (Å²) < 4.78 is 0. The average Bonchev–Trinajstić information content (AvgIpc) is 2.27. The minimum atomic E-state index is -0.0164. The third-order valence-corrected chi connectivity index (χ3v) is 3.26. The third-order valence-electron chi connectivity index (χ3n) is 2.53. The maximum Gasteiger partial charge on any atom is 0.317 e. The summed E-state index contributed by atoms with van der Waals surface area (Å²) in [4.78, 5) is 13.3. The molecule has 5 heteroatoms. The highest BCUT2D eigenvalue weighted by Crippen LogP contribution is 2.23. The van der Waals surface area contributed by atoms with E-state index in [4.69, 9.17) is 23.2 Å². The van der Waals surface area contributed by atoms with E-state index in [1.54, 1.807) is 17.0 Å². The van der Waals surface area contributed by atoms with Crippen LogP contribution in [0.25, 0.3) is 0 Å². The van der Waals surface area contributed by atoms with Gasteiger partial charge in [-0.1, -0.05) is 29.3 Å². The number of rotatable bonds is 2. The largest absolute Gasteiger partial charge is 0.338 e. The summed E-state index contributed by atoms with van der Waals surface area (Å²) in [6.45, 7) is 2.12. The van der Waals surface area contributed by atoms with Gasteiger partial charge in [-0.05, 0) is 24.1 Å². The normalized spacial score (nSPS) is 16.1. The van der Waals surface area contributed by atoms with Gasteiger partial charge in [-0.15, -0.1) is 0 Å². The van der Waals surface area contributed by atoms with Gasteiger partial charge < -0.3 is 10.2 Å². The Labute approximate surface area is 104 Å². The minimum Gasteiger partial charge on any atom is -0.338 e. The van der Waals surface area contributed by atoms with Crippen LogP contribution in [-0.2, 0) is 6.54 Å². The van der Waals surface area contributed by atoms with E-state index in [1.165, 1.54) is 0 Å². The van der Waals surface area contributed by atoms with E-state index in [-0.39, 0.29) is 6.03 Å². The lowest BCUT2D eigenvalue weighted by molar-refractivity contribution is 0.183. The molecule has 0 bridgehead atoms. The Balaban J connectivity index is 2.08. The van der Waals surface area contributed by atoms with Crippen LogP contribution in [0.3, 0.4) is 0 Å². The number of carbonyl (C=O) groups is 1. The van der Waals surface area contributed by atoms with Gasteiger partial charge in [-0.25, -0.2) is 4.79 Å². The van der Waals surface area contributed by atoms with Gasteiger partial charge in [0, 0.05) is 19.6 Å². The summed E-state index contributed by atoms with van der Waals surface area (Å²) in [6.07, 6.45) is 0.979. The Kier molecular flexibility index (Phi) is 3.56. The number of urea groups is 1. The SMILES string of the molecule is O=C1NCCCN1Cc1ccc(Cl)c(Cl)c1. The zero-order chi connectivity index (χ0) is 11.5. The molecule has 0 radical (unpaired) electrons. The van der Waals surface area contributed by atoms with Crippen molar-refractivity contribution in [1.82, 2.24) is 10.2 Å². The molecule has 0 unspecified atom stereocenters. The molecule has 86 valence electrons. The van der Waals surface area contributed by atoms with E-state index in [1.807, 2.05) is 6.07 Å². The van der Waals surface area contributed by atoms with Crippen molar-refractivity contribution in [3.63, 3.8) is 0 Å². The van der Waals surface area contributed by atoms with E-state index in [0.717, 1.165) is 25.1 Å². The first-order chi connectivity index (χ1) is 7.66. The van der Waals surface area contributed by atoms with Crippen molar-refractivity contribution >= 4 is 29.2 Å². The van der Waals surface area contributed by atoms with Gasteiger partial charge in [0.2, 0.25) is 0 Å². The molecule has 1 saturated heterocycles. The zero-order valence-corrected chi connectivity index (χ0v) is 10.2. The minimum absolute atomic E-state index is 0.0164. The van der Waals surface area contributed by atoms with Crippen LogP contribution in [0.15, 0.2) is 18.2 Å². The molecule has 1 fully saturated rings. The third kappa shape index (κ3) is 2.60. The number of halogens is 2. The molecule has 1 N–H and O–H groups in total. The van der Waals surface area contributed by atoms with Crippen LogP contribution < -0.4 is 5.32 Å². The molecule has 1 aromatic carbocycles. The molecule has 16 heavy (non-hydrogen) atoms. The highest BCUT2D eigenvalue weighted by atomic mass is 35.5. The Hall–Kier alpha value is -0.930. The van der Waals surface area contributed by atoms with Gasteiger partial charge in [0.05, 0.1) is 10.0 Å². The molecule has 0 atom stereocenters. The van der Waals surface area contributed by atoms with Crippen LogP contribution in [0, 0.1) is 0 Å². The zero-order valence-electron chi connectivity index (χ0n) is 8.67. The first-order valence-electron chi connectivity index (χ1n) is 5.13. The first kappa shape index (κ1) is 11.6. The van der Waals surface area contributed by atoms with Crippen LogP contribution in [-0.4, -0.2) is 24.0 Å². The second-order valence-corrected chi connectivity index (χ2v) is 4.57. The Bertz CT molecular complexity index is 409. The standard InChI is InChI=1S/C11H12Cl2N2O/c12-9-3-2-8(6-10(9)13)7-15-5-1-4-14-11(15)16/h2-3,6H,1,4-5,7H2,(H,14,16). The van der Waals surface area contributed by atoms with Crippen LogP contribution in [0.5, 0.6) is 0 Å². The van der Waals surface area contributed by atoms with E-state index >= 15 is 0 Å². The predicted octanol–water partition coefficient (Wildman–Crippen LogP) is 2.91. The predicted molar refractivity (Wildman–Crippen MR) is 64.9 cm³/mol. The lowest BCUT2D eigenvalue weighted by Gasteiger charge is -2.27. The van der Waals surface area contributed by atoms with Crippen molar-refractivity contribution in [1.29, 1.82) is 0 Å². The van der Waals surface area contributed by atoms with Crippen LogP contribution >= 0.6 is 23.2 Å². The summed E-state index contributed by atoms with van der Waals surface area (Å²) in [6, 6.07) is 5.42. The molecule has 2 amide bonds. The number of hydrogen-bond acceptors (Lipinski definition) is 1. The van der Waals surface area contributed by atoms with Crippen molar-refractivity contribution < 1.29 is 4.79 Å². The van der Waals surface area contributed by atoms with Crippen molar-refractivity contribution in [3.8, 4) is 0 Å². The van der Waals surface area contributed by atoms with Gasteiger partial charge >= 0.3 is 6.03 Å². The van der Waals surface area contributed by atoms with Crippen LogP contribution in [0.4, 0.5) is 4.79 Å². The molecular weight excluding hydrogens is 247 g/mol. The molecule has 0 saturated carbocycles. The van der Waals surface area contributed by atoms with Crippen molar-refractivity contribution in [3.05, 3.63) is 33.8 Å². The van der Waals surface area contributed by atoms with Gasteiger partial charge in [0.1, 0.15) is 0 Å².